The van der Waals surface area contributed by atoms with Gasteiger partial charge in [0.05, 0.1) is 24.2 Å². The van der Waals surface area contributed by atoms with Crippen LogP contribution in [0.4, 0.5) is 5.69 Å². The van der Waals surface area contributed by atoms with Crippen LogP contribution >= 0.6 is 0 Å². The van der Waals surface area contributed by atoms with E-state index in [0.717, 1.165) is 18.4 Å². The minimum absolute atomic E-state index is 0.109. The van der Waals surface area contributed by atoms with Gasteiger partial charge >= 0.3 is 0 Å². The first-order chi connectivity index (χ1) is 16.9. The molecule has 1 aliphatic rings. The highest BCUT2D eigenvalue weighted by Crippen LogP contribution is 2.37. The molecule has 184 valence electrons. The molecule has 1 amide bonds. The second-order valence-corrected chi connectivity index (χ2v) is 10.2. The van der Waals surface area contributed by atoms with Gasteiger partial charge in [0.15, 0.2) is 6.10 Å². The van der Waals surface area contributed by atoms with Crippen LogP contribution in [0.1, 0.15) is 30.5 Å². The number of sulfonamides is 1. The highest BCUT2D eigenvalue weighted by Gasteiger charge is 2.37. The highest BCUT2D eigenvalue weighted by atomic mass is 32.2. The van der Waals surface area contributed by atoms with Gasteiger partial charge in [0, 0.05) is 6.54 Å². The number of amides is 1. The lowest BCUT2D eigenvalue weighted by Crippen LogP contribution is -2.50. The van der Waals surface area contributed by atoms with Crippen LogP contribution in [0.25, 0.3) is 0 Å². The minimum atomic E-state index is -3.94. The van der Waals surface area contributed by atoms with Crippen molar-refractivity contribution in [2.75, 3.05) is 18.0 Å². The van der Waals surface area contributed by atoms with E-state index in [4.69, 9.17) is 9.47 Å². The molecule has 7 nitrogen and oxygen atoms in total. The fraction of sp³-hybridized carbons (Fsp3) is 0.296. The number of carbonyl (C=O) groups excluding carboxylic acids is 1. The number of aryl methyl sites for hydroxylation is 2. The van der Waals surface area contributed by atoms with Crippen LogP contribution in [-0.4, -0.2) is 34.1 Å². The zero-order valence-electron chi connectivity index (χ0n) is 20.2. The number of hydrogen-bond donors (Lipinski definition) is 1. The maximum atomic E-state index is 13.5. The Morgan fingerprint density at radius 3 is 2.46 bits per heavy atom. The molecule has 0 bridgehead atoms. The van der Waals surface area contributed by atoms with E-state index in [1.165, 1.54) is 34.7 Å². The average Bonchev–Trinajstić information content (AvgIpc) is 2.90. The molecule has 0 aliphatic carbocycles. The van der Waals surface area contributed by atoms with Crippen LogP contribution in [-0.2, 0) is 34.2 Å². The Balaban J connectivity index is 1.58. The van der Waals surface area contributed by atoms with Crippen LogP contribution in [0, 0.1) is 0 Å². The normalized spacial score (nSPS) is 15.2. The number of nitrogens with one attached hydrogen (secondary N) is 1. The lowest BCUT2D eigenvalue weighted by molar-refractivity contribution is -0.127. The van der Waals surface area contributed by atoms with Crippen molar-refractivity contribution in [2.45, 2.75) is 44.2 Å². The molecule has 0 saturated heterocycles. The number of carbonyl (C=O) groups is 1. The molecule has 1 unspecified atom stereocenters. The number of hydrogen-bond acceptors (Lipinski definition) is 5. The number of nitrogens with zero attached hydrogens (tertiary/aromatic N) is 1. The smallest absolute Gasteiger partial charge is 0.264 e. The Morgan fingerprint density at radius 1 is 1.03 bits per heavy atom. The maximum absolute atomic E-state index is 13.5. The Bertz CT molecular complexity index is 1310. The third kappa shape index (κ3) is 5.12. The first kappa shape index (κ1) is 24.6. The summed E-state index contributed by atoms with van der Waals surface area (Å²) >= 11 is 0. The lowest BCUT2D eigenvalue weighted by atomic mass is 10.0. The molecule has 0 saturated carbocycles. The fourth-order valence-electron chi connectivity index (χ4n) is 4.15. The molecule has 0 aromatic heterocycles. The quantitative estimate of drug-likeness (QED) is 0.510. The summed E-state index contributed by atoms with van der Waals surface area (Å²) in [6.45, 7) is 4.39. The molecule has 0 fully saturated rings. The first-order valence-electron chi connectivity index (χ1n) is 11.7. The van der Waals surface area contributed by atoms with E-state index in [1.807, 2.05) is 0 Å². The Kier molecular flexibility index (Phi) is 7.31. The third-order valence-corrected chi connectivity index (χ3v) is 7.98. The second-order valence-electron chi connectivity index (χ2n) is 8.31. The van der Waals surface area contributed by atoms with Crippen molar-refractivity contribution >= 4 is 21.6 Å². The summed E-state index contributed by atoms with van der Waals surface area (Å²) in [6, 6.07) is 19.3. The molecule has 3 aromatic rings. The SMILES string of the molecule is CCc1ccc(CC)c(CNC(=O)C2CN(S(=O)(=O)c3ccc(OC)cc3)c3ccccc3O2)c1. The topological polar surface area (TPSA) is 84.9 Å². The van der Waals surface area contributed by atoms with Gasteiger partial charge in [-0.2, -0.15) is 0 Å². The van der Waals surface area contributed by atoms with Gasteiger partial charge in [0.2, 0.25) is 0 Å². The number of anilines is 1. The van der Waals surface area contributed by atoms with Crippen LogP contribution in [0.3, 0.4) is 0 Å². The number of methoxy groups -OCH3 is 1. The van der Waals surface area contributed by atoms with Gasteiger partial charge < -0.3 is 14.8 Å². The van der Waals surface area contributed by atoms with E-state index in [9.17, 15) is 13.2 Å². The van der Waals surface area contributed by atoms with Gasteiger partial charge in [-0.3, -0.25) is 9.10 Å². The number of fused-ring (bicyclic) bond motifs is 1. The summed E-state index contributed by atoms with van der Waals surface area (Å²) in [5.74, 6) is 0.541. The fourth-order valence-corrected chi connectivity index (χ4v) is 5.62. The summed E-state index contributed by atoms with van der Waals surface area (Å²) < 4.78 is 39.4. The summed E-state index contributed by atoms with van der Waals surface area (Å²) in [7, 11) is -2.42. The molecule has 0 spiro atoms. The van der Waals surface area contributed by atoms with Crippen molar-refractivity contribution in [3.8, 4) is 11.5 Å². The number of rotatable bonds is 8. The van der Waals surface area contributed by atoms with E-state index in [-0.39, 0.29) is 17.3 Å². The van der Waals surface area contributed by atoms with Gasteiger partial charge in [0.25, 0.3) is 15.9 Å². The van der Waals surface area contributed by atoms with Gasteiger partial charge in [-0.05, 0) is 65.9 Å². The van der Waals surface area contributed by atoms with Gasteiger partial charge in [-0.25, -0.2) is 8.42 Å². The van der Waals surface area contributed by atoms with Crippen LogP contribution < -0.4 is 19.1 Å². The highest BCUT2D eigenvalue weighted by molar-refractivity contribution is 7.92. The van der Waals surface area contributed by atoms with E-state index in [2.05, 4.69) is 37.4 Å². The number of benzene rings is 3. The number of para-hydroxylation sites is 2. The molecule has 8 heteroatoms. The second kappa shape index (κ2) is 10.4. The third-order valence-electron chi connectivity index (χ3n) is 6.19. The Labute approximate surface area is 206 Å². The predicted octanol–water partition coefficient (Wildman–Crippen LogP) is 4.09. The molecule has 1 aliphatic heterocycles. The van der Waals surface area contributed by atoms with E-state index < -0.39 is 16.1 Å². The molecular formula is C27H30N2O5S. The van der Waals surface area contributed by atoms with E-state index in [1.54, 1.807) is 36.4 Å². The Morgan fingerprint density at radius 2 is 1.77 bits per heavy atom. The van der Waals surface area contributed by atoms with Crippen molar-refractivity contribution < 1.29 is 22.7 Å². The summed E-state index contributed by atoms with van der Waals surface area (Å²) in [6.07, 6.45) is 0.777. The average molecular weight is 495 g/mol. The summed E-state index contributed by atoms with van der Waals surface area (Å²) in [5.41, 5.74) is 3.82. The minimum Gasteiger partial charge on any atom is -0.497 e. The van der Waals surface area contributed by atoms with Crippen molar-refractivity contribution in [3.63, 3.8) is 0 Å². The van der Waals surface area contributed by atoms with Gasteiger partial charge in [0.1, 0.15) is 11.5 Å². The van der Waals surface area contributed by atoms with E-state index >= 15 is 0 Å². The van der Waals surface area contributed by atoms with Crippen molar-refractivity contribution in [2.24, 2.45) is 0 Å². The monoisotopic (exact) mass is 494 g/mol. The van der Waals surface area contributed by atoms with Crippen LogP contribution in [0.5, 0.6) is 11.5 Å². The molecule has 1 atom stereocenters. The van der Waals surface area contributed by atoms with Crippen molar-refractivity contribution in [1.82, 2.24) is 5.32 Å². The molecular weight excluding hydrogens is 464 g/mol. The Hall–Kier alpha value is -3.52. The molecule has 1 N–H and O–H groups in total. The van der Waals surface area contributed by atoms with Gasteiger partial charge in [-0.1, -0.05) is 44.2 Å². The zero-order valence-corrected chi connectivity index (χ0v) is 21.0. The summed E-state index contributed by atoms with van der Waals surface area (Å²) in [5, 5.41) is 2.95. The molecule has 35 heavy (non-hydrogen) atoms. The largest absolute Gasteiger partial charge is 0.497 e. The lowest BCUT2D eigenvalue weighted by Gasteiger charge is -2.34. The molecule has 1 heterocycles. The maximum Gasteiger partial charge on any atom is 0.264 e. The first-order valence-corrected chi connectivity index (χ1v) is 13.1. The molecule has 4 rings (SSSR count). The van der Waals surface area contributed by atoms with Crippen molar-refractivity contribution in [1.29, 1.82) is 0 Å². The molecule has 3 aromatic carbocycles. The molecule has 0 radical (unpaired) electrons. The predicted molar refractivity (Wildman–Crippen MR) is 135 cm³/mol. The number of ether oxygens (including phenoxy) is 2. The standard InChI is InChI=1S/C27H30N2O5S/c1-4-19-10-11-20(5-2)21(16-19)17-28-27(30)26-18-29(24-8-6-7-9-25(24)34-26)35(31,32)23-14-12-22(33-3)13-15-23/h6-16,26H,4-5,17-18H2,1-3H3,(H,28,30). The summed E-state index contributed by atoms with van der Waals surface area (Å²) in [4.78, 5) is 13.3. The van der Waals surface area contributed by atoms with Crippen molar-refractivity contribution in [3.05, 3.63) is 83.4 Å². The van der Waals surface area contributed by atoms with Gasteiger partial charge in [-0.15, -0.1) is 0 Å². The van der Waals surface area contributed by atoms with Crippen LogP contribution in [0.2, 0.25) is 0 Å². The van der Waals surface area contributed by atoms with E-state index in [0.29, 0.717) is 23.7 Å². The van der Waals surface area contributed by atoms with Crippen LogP contribution in [0.15, 0.2) is 71.6 Å². The zero-order chi connectivity index (χ0) is 25.0.